The molecule has 0 aliphatic rings. The van der Waals surface area contributed by atoms with E-state index in [1.165, 1.54) is 0 Å². The zero-order valence-electron chi connectivity index (χ0n) is 12.9. The molecular weight excluding hydrogens is 312 g/mol. The Kier molecular flexibility index (Phi) is 4.80. The maximum absolute atomic E-state index is 10.1. The zero-order chi connectivity index (χ0) is 15.7. The molecule has 0 radical (unpaired) electrons. The Labute approximate surface area is 133 Å². The van der Waals surface area contributed by atoms with E-state index in [2.05, 4.69) is 24.3 Å². The molecule has 0 atom stereocenters. The molecule has 0 unspecified atom stereocenters. The van der Waals surface area contributed by atoms with Crippen LogP contribution in [0.3, 0.4) is 0 Å². The summed E-state index contributed by atoms with van der Waals surface area (Å²) in [6.07, 6.45) is 0. The van der Waals surface area contributed by atoms with Gasteiger partial charge in [0.25, 0.3) is 0 Å². The number of hydrogen-bond acceptors (Lipinski definition) is 3. The van der Waals surface area contributed by atoms with Crippen molar-refractivity contribution in [1.29, 1.82) is 0 Å². The van der Waals surface area contributed by atoms with Crippen molar-refractivity contribution < 1.29 is 9.59 Å². The first-order valence-electron chi connectivity index (χ1n) is 7.00. The molecule has 0 spiro atoms. The highest BCUT2D eigenvalue weighted by Gasteiger charge is 2.20. The molecule has 21 heavy (non-hydrogen) atoms. The van der Waals surface area contributed by atoms with Gasteiger partial charge >= 0.3 is 0 Å². The summed E-state index contributed by atoms with van der Waals surface area (Å²) in [6, 6.07) is 16.3. The molecule has 0 aromatic heterocycles. The van der Waals surface area contributed by atoms with Crippen LogP contribution in [-0.4, -0.2) is 26.2 Å². The van der Waals surface area contributed by atoms with Gasteiger partial charge in [0.05, 0.1) is 0 Å². The van der Waals surface area contributed by atoms with Gasteiger partial charge in [-0.3, -0.25) is 0 Å². The van der Waals surface area contributed by atoms with Gasteiger partial charge in [0.2, 0.25) is 16.6 Å². The molecule has 0 aliphatic carbocycles. The largest absolute Gasteiger partial charge is 0.428 e. The van der Waals surface area contributed by atoms with E-state index in [0.29, 0.717) is 0 Å². The molecule has 0 bridgehead atoms. The van der Waals surface area contributed by atoms with Crippen molar-refractivity contribution in [3.8, 4) is 0 Å². The van der Waals surface area contributed by atoms with Crippen LogP contribution in [0.25, 0.3) is 0 Å². The van der Waals surface area contributed by atoms with Crippen LogP contribution < -0.4 is 10.4 Å². The average molecular weight is 335 g/mol. The first-order valence-corrected chi connectivity index (χ1v) is 13.7. The van der Waals surface area contributed by atoms with E-state index in [0.717, 1.165) is 20.2 Å². The Morgan fingerprint density at radius 2 is 0.905 bits per heavy atom. The maximum atomic E-state index is 10.1. The lowest BCUT2D eigenvalue weighted by atomic mass is 10.4. The van der Waals surface area contributed by atoms with Crippen LogP contribution in [0.2, 0.25) is 26.2 Å². The summed E-state index contributed by atoms with van der Waals surface area (Å²) in [5.74, 6) is 0. The Morgan fingerprint density at radius 1 is 0.619 bits per heavy atom. The molecule has 112 valence electrons. The number of benzene rings is 2. The first kappa shape index (κ1) is 16.5. The second kappa shape index (κ2) is 6.10. The van der Waals surface area contributed by atoms with E-state index < -0.39 is 16.6 Å². The quantitative estimate of drug-likeness (QED) is 0.845. The van der Waals surface area contributed by atoms with Gasteiger partial charge in [0.1, 0.15) is 0 Å². The number of rotatable bonds is 4. The Morgan fingerprint density at radius 3 is 1.14 bits per heavy atom. The van der Waals surface area contributed by atoms with Crippen LogP contribution in [0.5, 0.6) is 0 Å². The topological polar surface area (TPSA) is 40.5 Å². The average Bonchev–Trinajstić information content (AvgIpc) is 2.38. The SMILES string of the molecule is C[Si](C)(O)c1ccc(Sc2ccc([Si](C)(C)O)cc2)cc1. The van der Waals surface area contributed by atoms with Crippen molar-refractivity contribution in [2.24, 2.45) is 0 Å². The smallest absolute Gasteiger partial charge is 0.213 e. The minimum absolute atomic E-state index is 1.05. The van der Waals surface area contributed by atoms with Crippen molar-refractivity contribution in [1.82, 2.24) is 0 Å². The van der Waals surface area contributed by atoms with Gasteiger partial charge in [-0.2, -0.15) is 0 Å². The van der Waals surface area contributed by atoms with Crippen molar-refractivity contribution >= 4 is 38.8 Å². The fraction of sp³-hybridized carbons (Fsp3) is 0.250. The van der Waals surface area contributed by atoms with Crippen LogP contribution in [0, 0.1) is 0 Å². The van der Waals surface area contributed by atoms with E-state index in [9.17, 15) is 9.59 Å². The summed E-state index contributed by atoms with van der Waals surface area (Å²) in [5, 5.41) is 2.10. The second-order valence-electron chi connectivity index (χ2n) is 6.27. The molecule has 0 saturated carbocycles. The van der Waals surface area contributed by atoms with Gasteiger partial charge in [-0.05, 0) is 60.8 Å². The fourth-order valence-electron chi connectivity index (χ4n) is 2.00. The van der Waals surface area contributed by atoms with Gasteiger partial charge < -0.3 is 9.59 Å². The molecule has 2 nitrogen and oxygen atoms in total. The minimum Gasteiger partial charge on any atom is -0.428 e. The van der Waals surface area contributed by atoms with Crippen LogP contribution in [-0.2, 0) is 0 Å². The monoisotopic (exact) mass is 334 g/mol. The molecule has 2 rings (SSSR count). The molecule has 0 saturated heterocycles. The normalized spacial score (nSPS) is 12.5. The Hall–Kier alpha value is -0.856. The molecule has 0 heterocycles. The van der Waals surface area contributed by atoms with E-state index in [1.807, 2.05) is 50.5 Å². The minimum atomic E-state index is -2.21. The molecule has 0 aliphatic heterocycles. The third-order valence-corrected chi connectivity index (χ3v) is 7.87. The van der Waals surface area contributed by atoms with Gasteiger partial charge in [-0.15, -0.1) is 0 Å². The van der Waals surface area contributed by atoms with Crippen LogP contribution in [0.1, 0.15) is 0 Å². The third-order valence-electron chi connectivity index (χ3n) is 3.36. The predicted molar refractivity (Wildman–Crippen MR) is 95.7 cm³/mol. The third kappa shape index (κ3) is 4.56. The molecule has 0 amide bonds. The van der Waals surface area contributed by atoms with E-state index in [-0.39, 0.29) is 0 Å². The standard InChI is InChI=1S/C16H22O2SSi2/c1-20(2,17)15-9-5-13(6-10-15)19-14-7-11-16(12-8-14)21(3,4)18/h5-12,17-18H,1-4H3. The molecule has 5 heteroatoms. The summed E-state index contributed by atoms with van der Waals surface area (Å²) < 4.78 is 0. The summed E-state index contributed by atoms with van der Waals surface area (Å²) in [5.41, 5.74) is 0. The van der Waals surface area contributed by atoms with Crippen LogP contribution >= 0.6 is 11.8 Å². The van der Waals surface area contributed by atoms with Crippen molar-refractivity contribution in [2.75, 3.05) is 0 Å². The summed E-state index contributed by atoms with van der Waals surface area (Å²) in [4.78, 5) is 22.5. The zero-order valence-corrected chi connectivity index (χ0v) is 15.7. The lowest BCUT2D eigenvalue weighted by molar-refractivity contribution is 0.567. The molecule has 2 aromatic rings. The lowest BCUT2D eigenvalue weighted by Gasteiger charge is -2.15. The van der Waals surface area contributed by atoms with Gasteiger partial charge in [-0.25, -0.2) is 0 Å². The van der Waals surface area contributed by atoms with Crippen LogP contribution in [0.15, 0.2) is 58.3 Å². The molecule has 2 N–H and O–H groups in total. The molecular formula is C16H22O2SSi2. The van der Waals surface area contributed by atoms with Crippen molar-refractivity contribution in [2.45, 2.75) is 36.0 Å². The summed E-state index contributed by atoms with van der Waals surface area (Å²) >= 11 is 1.69. The maximum Gasteiger partial charge on any atom is 0.213 e. The first-order chi connectivity index (χ1) is 9.66. The Balaban J connectivity index is 2.12. The predicted octanol–water partition coefficient (Wildman–Crippen LogP) is 2.65. The van der Waals surface area contributed by atoms with Crippen molar-refractivity contribution in [3.05, 3.63) is 48.5 Å². The van der Waals surface area contributed by atoms with Gasteiger partial charge in [0.15, 0.2) is 0 Å². The van der Waals surface area contributed by atoms with E-state index in [4.69, 9.17) is 0 Å². The Bertz CT molecular complexity index is 541. The van der Waals surface area contributed by atoms with Gasteiger partial charge in [0, 0.05) is 9.79 Å². The highest BCUT2D eigenvalue weighted by Crippen LogP contribution is 2.26. The highest BCUT2D eigenvalue weighted by molar-refractivity contribution is 7.99. The molecule has 2 aromatic carbocycles. The highest BCUT2D eigenvalue weighted by atomic mass is 32.2. The number of hydrogen-bond donors (Lipinski definition) is 2. The van der Waals surface area contributed by atoms with Gasteiger partial charge in [-0.1, -0.05) is 36.0 Å². The van der Waals surface area contributed by atoms with E-state index in [1.54, 1.807) is 11.8 Å². The second-order valence-corrected chi connectivity index (χ2v) is 14.8. The fourth-order valence-corrected chi connectivity index (χ4v) is 4.78. The van der Waals surface area contributed by atoms with E-state index >= 15 is 0 Å². The lowest BCUT2D eigenvalue weighted by Crippen LogP contribution is -2.41. The molecule has 0 fully saturated rings. The van der Waals surface area contributed by atoms with Crippen molar-refractivity contribution in [3.63, 3.8) is 0 Å². The summed E-state index contributed by atoms with van der Waals surface area (Å²) in [6.45, 7) is 7.70. The summed E-state index contributed by atoms with van der Waals surface area (Å²) in [7, 11) is -4.42. The van der Waals surface area contributed by atoms with Crippen LogP contribution in [0.4, 0.5) is 0 Å².